The van der Waals surface area contributed by atoms with E-state index in [1.54, 1.807) is 19.3 Å². The number of carbonyl (C=O) groups excluding carboxylic acids is 1. The summed E-state index contributed by atoms with van der Waals surface area (Å²) in [6.45, 7) is 2.01. The normalized spacial score (nSPS) is 13.8. The lowest BCUT2D eigenvalue weighted by molar-refractivity contribution is 0.0987. The van der Waals surface area contributed by atoms with Gasteiger partial charge in [-0.05, 0) is 31.0 Å². The topological polar surface area (TPSA) is 93.0 Å². The van der Waals surface area contributed by atoms with Crippen LogP contribution in [0.5, 0.6) is 0 Å². The van der Waals surface area contributed by atoms with Crippen LogP contribution in [0.3, 0.4) is 0 Å². The minimum absolute atomic E-state index is 0.0295. The third-order valence-electron chi connectivity index (χ3n) is 6.38. The summed E-state index contributed by atoms with van der Waals surface area (Å²) in [4.78, 5) is 40.5. The fourth-order valence-electron chi connectivity index (χ4n) is 4.47. The third-order valence-corrected chi connectivity index (χ3v) is 6.38. The number of carbonyl (C=O) groups is 1. The quantitative estimate of drug-likeness (QED) is 0.448. The van der Waals surface area contributed by atoms with Gasteiger partial charge in [0, 0.05) is 25.4 Å². The van der Waals surface area contributed by atoms with Gasteiger partial charge >= 0.3 is 0 Å². The number of alkyl halides is 2. The first-order valence-corrected chi connectivity index (χ1v) is 11.2. The smallest absolute Gasteiger partial charge is 0.266 e. The van der Waals surface area contributed by atoms with E-state index in [4.69, 9.17) is 0 Å². The molecule has 8 nitrogen and oxygen atoms in total. The molecular formula is C25H21F3N6O2. The van der Waals surface area contributed by atoms with Gasteiger partial charge in [-0.2, -0.15) is 0 Å². The van der Waals surface area contributed by atoms with E-state index in [-0.39, 0.29) is 22.6 Å². The number of hydrogen-bond acceptors (Lipinski definition) is 6. The van der Waals surface area contributed by atoms with Gasteiger partial charge in [0.2, 0.25) is 0 Å². The van der Waals surface area contributed by atoms with Crippen LogP contribution in [-0.4, -0.2) is 32.0 Å². The van der Waals surface area contributed by atoms with Crippen LogP contribution in [0.4, 0.5) is 24.7 Å². The Kier molecular flexibility index (Phi) is 5.91. The maximum Gasteiger partial charge on any atom is 0.266 e. The number of nitrogens with one attached hydrogen (secondary N) is 1. The molecule has 0 bridgehead atoms. The Morgan fingerprint density at radius 1 is 1.17 bits per heavy atom. The molecule has 11 heteroatoms. The van der Waals surface area contributed by atoms with E-state index in [9.17, 15) is 22.8 Å². The Morgan fingerprint density at radius 2 is 1.94 bits per heavy atom. The maximum atomic E-state index is 14.7. The van der Waals surface area contributed by atoms with E-state index >= 15 is 0 Å². The fraction of sp³-hybridized carbons (Fsp3) is 0.240. The number of pyridine rings is 2. The summed E-state index contributed by atoms with van der Waals surface area (Å²) >= 11 is 0. The lowest BCUT2D eigenvalue weighted by atomic mass is 10.0. The lowest BCUT2D eigenvalue weighted by Crippen LogP contribution is -2.35. The summed E-state index contributed by atoms with van der Waals surface area (Å²) in [7, 11) is 1.49. The summed E-state index contributed by atoms with van der Waals surface area (Å²) < 4.78 is 42.3. The number of aryl methyl sites for hydroxylation is 1. The second kappa shape index (κ2) is 9.06. The molecule has 4 aromatic rings. The molecule has 1 aromatic carbocycles. The van der Waals surface area contributed by atoms with Gasteiger partial charge in [0.05, 0.1) is 28.9 Å². The summed E-state index contributed by atoms with van der Waals surface area (Å²) in [5.41, 5.74) is 0.591. The number of aromatic nitrogens is 4. The van der Waals surface area contributed by atoms with Crippen molar-refractivity contribution in [2.75, 3.05) is 16.8 Å². The first-order chi connectivity index (χ1) is 17.3. The standard InChI is InChI=1S/C25H21F3N6O2/c1-13(15-4-3-5-16(20(15)26)21(27)28)32-22-17-10-18(24(35)33(2)23(17)31-12-30-22)25(36)34-9-7-14-6-8-29-11-19(14)34/h3-6,8,10-13,21H,7,9H2,1-2H3,(H,30,31,32)/t13-/m1/s1. The third kappa shape index (κ3) is 3.86. The van der Waals surface area contributed by atoms with Crippen molar-refractivity contribution in [2.24, 2.45) is 7.05 Å². The van der Waals surface area contributed by atoms with Crippen LogP contribution >= 0.6 is 0 Å². The molecule has 0 saturated carbocycles. The van der Waals surface area contributed by atoms with Crippen molar-refractivity contribution in [1.29, 1.82) is 0 Å². The number of amides is 1. The number of anilines is 2. The Labute approximate surface area is 203 Å². The molecule has 36 heavy (non-hydrogen) atoms. The largest absolute Gasteiger partial charge is 0.363 e. The van der Waals surface area contributed by atoms with Crippen molar-refractivity contribution in [2.45, 2.75) is 25.8 Å². The van der Waals surface area contributed by atoms with Crippen molar-refractivity contribution >= 4 is 28.4 Å². The van der Waals surface area contributed by atoms with Gasteiger partial charge in [-0.1, -0.05) is 18.2 Å². The SMILES string of the molecule is C[C@@H](Nc1ncnc2c1cc(C(=O)N1CCc3ccncc31)c(=O)n2C)c1cccc(C(F)F)c1F. The zero-order valence-electron chi connectivity index (χ0n) is 19.4. The van der Waals surface area contributed by atoms with Crippen LogP contribution < -0.4 is 15.8 Å². The minimum Gasteiger partial charge on any atom is -0.363 e. The first-order valence-electron chi connectivity index (χ1n) is 11.2. The highest BCUT2D eigenvalue weighted by Gasteiger charge is 2.29. The Balaban J connectivity index is 1.56. The van der Waals surface area contributed by atoms with Crippen LogP contribution in [-0.2, 0) is 13.5 Å². The second-order valence-corrected chi connectivity index (χ2v) is 8.51. The maximum absolute atomic E-state index is 14.7. The zero-order valence-corrected chi connectivity index (χ0v) is 19.4. The van der Waals surface area contributed by atoms with E-state index in [1.165, 1.54) is 41.0 Å². The van der Waals surface area contributed by atoms with Crippen molar-refractivity contribution in [3.05, 3.63) is 87.5 Å². The van der Waals surface area contributed by atoms with Gasteiger partial charge in [-0.25, -0.2) is 23.1 Å². The molecule has 3 aromatic heterocycles. The molecule has 0 saturated heterocycles. The highest BCUT2D eigenvalue weighted by Crippen LogP contribution is 2.31. The van der Waals surface area contributed by atoms with Crippen LogP contribution in [0.15, 0.2) is 53.8 Å². The van der Waals surface area contributed by atoms with E-state index in [0.29, 0.717) is 24.0 Å². The fourth-order valence-corrected chi connectivity index (χ4v) is 4.47. The minimum atomic E-state index is -2.95. The molecule has 0 unspecified atom stereocenters. The average Bonchev–Trinajstić information content (AvgIpc) is 3.30. The number of halogens is 3. The van der Waals surface area contributed by atoms with Crippen molar-refractivity contribution in [3.8, 4) is 0 Å². The second-order valence-electron chi connectivity index (χ2n) is 8.51. The zero-order chi connectivity index (χ0) is 25.6. The molecule has 0 fully saturated rings. The molecule has 1 amide bonds. The summed E-state index contributed by atoms with van der Waals surface area (Å²) in [6, 6.07) is 6.30. The van der Waals surface area contributed by atoms with Gasteiger partial charge in [0.15, 0.2) is 0 Å². The van der Waals surface area contributed by atoms with Crippen LogP contribution in [0, 0.1) is 5.82 Å². The van der Waals surface area contributed by atoms with E-state index in [1.807, 2.05) is 6.07 Å². The predicted octanol–water partition coefficient (Wildman–Crippen LogP) is 4.18. The molecule has 4 heterocycles. The summed E-state index contributed by atoms with van der Waals surface area (Å²) in [6.07, 6.45) is 2.16. The van der Waals surface area contributed by atoms with Gasteiger partial charge in [0.1, 0.15) is 29.2 Å². The summed E-state index contributed by atoms with van der Waals surface area (Å²) in [5.74, 6) is -1.26. The molecule has 1 N–H and O–H groups in total. The van der Waals surface area contributed by atoms with E-state index in [2.05, 4.69) is 20.3 Å². The van der Waals surface area contributed by atoms with Gasteiger partial charge in [-0.3, -0.25) is 19.1 Å². The monoisotopic (exact) mass is 494 g/mol. The van der Waals surface area contributed by atoms with Crippen LogP contribution in [0.2, 0.25) is 0 Å². The number of nitrogens with zero attached hydrogens (tertiary/aromatic N) is 5. The molecule has 0 radical (unpaired) electrons. The highest BCUT2D eigenvalue weighted by atomic mass is 19.3. The first kappa shape index (κ1) is 23.5. The average molecular weight is 494 g/mol. The van der Waals surface area contributed by atoms with Crippen molar-refractivity contribution < 1.29 is 18.0 Å². The Hall–Kier alpha value is -4.28. The number of hydrogen-bond donors (Lipinski definition) is 1. The molecule has 1 aliphatic heterocycles. The molecule has 5 rings (SSSR count). The number of benzene rings is 1. The Bertz CT molecular complexity index is 1560. The number of fused-ring (bicyclic) bond motifs is 2. The predicted molar refractivity (Wildman–Crippen MR) is 128 cm³/mol. The summed E-state index contributed by atoms with van der Waals surface area (Å²) in [5, 5.41) is 3.37. The molecular weight excluding hydrogens is 473 g/mol. The van der Waals surface area contributed by atoms with Crippen LogP contribution in [0.1, 0.15) is 46.4 Å². The van der Waals surface area contributed by atoms with Gasteiger partial charge in [-0.15, -0.1) is 0 Å². The van der Waals surface area contributed by atoms with Gasteiger partial charge in [0.25, 0.3) is 17.9 Å². The molecule has 184 valence electrons. The molecule has 0 aliphatic carbocycles. The van der Waals surface area contributed by atoms with E-state index < -0.39 is 35.3 Å². The molecule has 1 atom stereocenters. The molecule has 0 spiro atoms. The van der Waals surface area contributed by atoms with E-state index in [0.717, 1.165) is 11.6 Å². The highest BCUT2D eigenvalue weighted by molar-refractivity contribution is 6.09. The van der Waals surface area contributed by atoms with Crippen molar-refractivity contribution in [1.82, 2.24) is 19.5 Å². The van der Waals surface area contributed by atoms with Gasteiger partial charge < -0.3 is 10.2 Å². The van der Waals surface area contributed by atoms with Crippen LogP contribution in [0.25, 0.3) is 11.0 Å². The molecule has 1 aliphatic rings. The Morgan fingerprint density at radius 3 is 2.72 bits per heavy atom. The van der Waals surface area contributed by atoms with Crippen molar-refractivity contribution in [3.63, 3.8) is 0 Å². The lowest BCUT2D eigenvalue weighted by Gasteiger charge is -2.20. The number of rotatable bonds is 5.